The highest BCUT2D eigenvalue weighted by Crippen LogP contribution is 2.38. The first-order chi connectivity index (χ1) is 11.6. The first-order valence-corrected chi connectivity index (χ1v) is 8.28. The molecule has 0 aromatic heterocycles. The van der Waals surface area contributed by atoms with Gasteiger partial charge in [0.25, 0.3) is 0 Å². The van der Waals surface area contributed by atoms with Gasteiger partial charge in [-0.25, -0.2) is 0 Å². The molecule has 120 valence electrons. The van der Waals surface area contributed by atoms with Crippen LogP contribution in [0.3, 0.4) is 0 Å². The van der Waals surface area contributed by atoms with Crippen LogP contribution >= 0.6 is 0 Å². The molecule has 24 heavy (non-hydrogen) atoms. The van der Waals surface area contributed by atoms with Gasteiger partial charge in [0.15, 0.2) is 5.72 Å². The number of rotatable bonds is 2. The monoisotopic (exact) mass is 315 g/mol. The number of anilines is 1. The lowest BCUT2D eigenvalue weighted by atomic mass is 9.99. The molecule has 0 amide bonds. The molecule has 1 heterocycles. The van der Waals surface area contributed by atoms with E-state index in [2.05, 4.69) is 98.6 Å². The van der Waals surface area contributed by atoms with Crippen molar-refractivity contribution in [1.82, 2.24) is 0 Å². The molecule has 0 aliphatic carbocycles. The minimum absolute atomic E-state index is 0.512. The average molecular weight is 315 g/mol. The first-order valence-electron chi connectivity index (χ1n) is 8.28. The first kappa shape index (κ1) is 14.8. The lowest BCUT2D eigenvalue weighted by Gasteiger charge is -2.41. The van der Waals surface area contributed by atoms with E-state index in [1.165, 1.54) is 22.0 Å². The molecular formula is C22H21NO. The number of hydrogen-bond acceptors (Lipinski definition) is 2. The normalized spacial score (nSPS) is 19.0. The summed E-state index contributed by atoms with van der Waals surface area (Å²) in [5.41, 5.74) is 3.06. The van der Waals surface area contributed by atoms with Crippen LogP contribution in [0.2, 0.25) is 0 Å². The average Bonchev–Trinajstić information content (AvgIpc) is 2.61. The van der Waals surface area contributed by atoms with Gasteiger partial charge >= 0.3 is 0 Å². The van der Waals surface area contributed by atoms with E-state index in [-0.39, 0.29) is 0 Å². The zero-order chi connectivity index (χ0) is 16.7. The van der Waals surface area contributed by atoms with Crippen molar-refractivity contribution >= 4 is 22.5 Å². The Labute approximate surface area is 143 Å². The molecule has 0 N–H and O–H groups in total. The maximum absolute atomic E-state index is 6.44. The SMILES string of the molecule is Cc1ccccc1N(C)C1(C)C=Cc2c(ccc3ccccc23)O1. The van der Waals surface area contributed by atoms with E-state index in [0.717, 1.165) is 11.3 Å². The summed E-state index contributed by atoms with van der Waals surface area (Å²) in [6.45, 7) is 4.23. The molecule has 2 nitrogen and oxygen atoms in total. The van der Waals surface area contributed by atoms with Gasteiger partial charge in [-0.3, -0.25) is 0 Å². The molecular weight excluding hydrogens is 294 g/mol. The molecule has 1 unspecified atom stereocenters. The Morgan fingerprint density at radius 2 is 1.67 bits per heavy atom. The van der Waals surface area contributed by atoms with E-state index < -0.39 is 5.72 Å². The minimum Gasteiger partial charge on any atom is -0.464 e. The Hall–Kier alpha value is -2.74. The van der Waals surface area contributed by atoms with Crippen LogP contribution in [0.5, 0.6) is 5.75 Å². The van der Waals surface area contributed by atoms with Crippen LogP contribution in [0.4, 0.5) is 5.69 Å². The second-order valence-corrected chi connectivity index (χ2v) is 6.53. The fraction of sp³-hybridized carbons (Fsp3) is 0.182. The van der Waals surface area contributed by atoms with E-state index in [9.17, 15) is 0 Å². The van der Waals surface area contributed by atoms with Crippen molar-refractivity contribution in [2.75, 3.05) is 11.9 Å². The third-order valence-corrected chi connectivity index (χ3v) is 4.95. The minimum atomic E-state index is -0.512. The molecule has 1 aliphatic heterocycles. The summed E-state index contributed by atoms with van der Waals surface area (Å²) in [4.78, 5) is 2.19. The quantitative estimate of drug-likeness (QED) is 0.627. The van der Waals surface area contributed by atoms with Crippen LogP contribution in [-0.2, 0) is 0 Å². The highest BCUT2D eigenvalue weighted by molar-refractivity contribution is 5.93. The molecule has 1 atom stereocenters. The Bertz CT molecular complexity index is 944. The highest BCUT2D eigenvalue weighted by Gasteiger charge is 2.33. The van der Waals surface area contributed by atoms with Crippen molar-refractivity contribution in [3.05, 3.63) is 77.9 Å². The number of aryl methyl sites for hydroxylation is 1. The Balaban J connectivity index is 1.77. The Morgan fingerprint density at radius 3 is 2.50 bits per heavy atom. The maximum atomic E-state index is 6.44. The van der Waals surface area contributed by atoms with Gasteiger partial charge in [-0.2, -0.15) is 0 Å². The number of hydrogen-bond donors (Lipinski definition) is 0. The lowest BCUT2D eigenvalue weighted by Crippen LogP contribution is -2.48. The fourth-order valence-electron chi connectivity index (χ4n) is 3.39. The number of ether oxygens (including phenoxy) is 1. The fourth-order valence-corrected chi connectivity index (χ4v) is 3.39. The number of para-hydroxylation sites is 1. The zero-order valence-corrected chi connectivity index (χ0v) is 14.3. The van der Waals surface area contributed by atoms with E-state index in [4.69, 9.17) is 4.74 Å². The molecule has 0 bridgehead atoms. The molecule has 3 aromatic carbocycles. The van der Waals surface area contributed by atoms with Crippen molar-refractivity contribution < 1.29 is 4.74 Å². The standard InChI is InChI=1S/C22H21NO/c1-16-8-4-7-11-20(16)23(3)22(2)15-14-19-18-10-6-5-9-17(18)12-13-21(19)24-22/h4-15H,1-3H3. The van der Waals surface area contributed by atoms with Gasteiger partial charge in [0.05, 0.1) is 0 Å². The summed E-state index contributed by atoms with van der Waals surface area (Å²) in [6, 6.07) is 21.0. The molecule has 0 fully saturated rings. The summed E-state index contributed by atoms with van der Waals surface area (Å²) in [7, 11) is 2.08. The van der Waals surface area contributed by atoms with Gasteiger partial charge in [-0.1, -0.05) is 48.5 Å². The van der Waals surface area contributed by atoms with Gasteiger partial charge in [0.1, 0.15) is 5.75 Å². The molecule has 0 saturated heterocycles. The topological polar surface area (TPSA) is 12.5 Å². The predicted molar refractivity (Wildman–Crippen MR) is 102 cm³/mol. The van der Waals surface area contributed by atoms with Crippen LogP contribution < -0.4 is 9.64 Å². The second-order valence-electron chi connectivity index (χ2n) is 6.53. The van der Waals surface area contributed by atoms with Crippen molar-refractivity contribution in [3.8, 4) is 5.75 Å². The number of nitrogens with zero attached hydrogens (tertiary/aromatic N) is 1. The van der Waals surface area contributed by atoms with Gasteiger partial charge in [-0.15, -0.1) is 0 Å². The molecule has 2 heteroatoms. The van der Waals surface area contributed by atoms with Gasteiger partial charge in [0, 0.05) is 18.3 Å². The van der Waals surface area contributed by atoms with Gasteiger partial charge < -0.3 is 9.64 Å². The number of benzene rings is 3. The van der Waals surface area contributed by atoms with Crippen LogP contribution in [0.1, 0.15) is 18.1 Å². The molecule has 0 radical (unpaired) electrons. The number of likely N-dealkylation sites (N-methyl/N-ethyl adjacent to an activating group) is 1. The van der Waals surface area contributed by atoms with Crippen LogP contribution in [-0.4, -0.2) is 12.8 Å². The summed E-state index contributed by atoms with van der Waals surface area (Å²) in [5, 5.41) is 2.47. The summed E-state index contributed by atoms with van der Waals surface area (Å²) in [6.07, 6.45) is 4.34. The molecule has 0 saturated carbocycles. The van der Waals surface area contributed by atoms with Crippen molar-refractivity contribution in [1.29, 1.82) is 0 Å². The molecule has 1 aliphatic rings. The van der Waals surface area contributed by atoms with Crippen molar-refractivity contribution in [2.45, 2.75) is 19.6 Å². The van der Waals surface area contributed by atoms with Crippen LogP contribution in [0.25, 0.3) is 16.8 Å². The van der Waals surface area contributed by atoms with E-state index in [1.54, 1.807) is 0 Å². The summed E-state index contributed by atoms with van der Waals surface area (Å²) >= 11 is 0. The van der Waals surface area contributed by atoms with Gasteiger partial charge in [0.2, 0.25) is 0 Å². The smallest absolute Gasteiger partial charge is 0.199 e. The largest absolute Gasteiger partial charge is 0.464 e. The Morgan fingerprint density at radius 1 is 0.917 bits per heavy atom. The number of fused-ring (bicyclic) bond motifs is 3. The second kappa shape index (κ2) is 5.41. The molecule has 4 rings (SSSR count). The highest BCUT2D eigenvalue weighted by atomic mass is 16.5. The van der Waals surface area contributed by atoms with Gasteiger partial charge in [-0.05, 0) is 54.5 Å². The van der Waals surface area contributed by atoms with Crippen molar-refractivity contribution in [2.24, 2.45) is 0 Å². The lowest BCUT2D eigenvalue weighted by molar-refractivity contribution is 0.138. The predicted octanol–water partition coefficient (Wildman–Crippen LogP) is 5.41. The zero-order valence-electron chi connectivity index (χ0n) is 14.3. The third kappa shape index (κ3) is 2.26. The van der Waals surface area contributed by atoms with E-state index in [1.807, 2.05) is 0 Å². The molecule has 0 spiro atoms. The van der Waals surface area contributed by atoms with Crippen LogP contribution in [0.15, 0.2) is 66.7 Å². The maximum Gasteiger partial charge on any atom is 0.199 e. The molecule has 3 aromatic rings. The third-order valence-electron chi connectivity index (χ3n) is 4.95. The van der Waals surface area contributed by atoms with Crippen molar-refractivity contribution in [3.63, 3.8) is 0 Å². The van der Waals surface area contributed by atoms with E-state index in [0.29, 0.717) is 0 Å². The van der Waals surface area contributed by atoms with Crippen LogP contribution in [0, 0.1) is 6.92 Å². The van der Waals surface area contributed by atoms with E-state index >= 15 is 0 Å². The summed E-state index contributed by atoms with van der Waals surface area (Å²) in [5.74, 6) is 0.930. The Kier molecular flexibility index (Phi) is 3.34. The summed E-state index contributed by atoms with van der Waals surface area (Å²) < 4.78 is 6.44.